The highest BCUT2D eigenvalue weighted by Gasteiger charge is 2.40. The third kappa shape index (κ3) is 2.91. The number of esters is 1. The quantitative estimate of drug-likeness (QED) is 0.570. The van der Waals surface area contributed by atoms with Gasteiger partial charge in [0.1, 0.15) is 6.54 Å². The molecule has 6 nitrogen and oxygen atoms in total. The van der Waals surface area contributed by atoms with Crippen LogP contribution in [0.2, 0.25) is 5.02 Å². The minimum atomic E-state index is -0.920. The average molecular weight is 337 g/mol. The van der Waals surface area contributed by atoms with E-state index in [1.165, 1.54) is 4.90 Å². The molecule has 1 atom stereocenters. The first-order valence-corrected chi connectivity index (χ1v) is 7.93. The molecule has 0 aromatic heterocycles. The Hall–Kier alpha value is -2.08. The summed E-state index contributed by atoms with van der Waals surface area (Å²) >= 11 is 6.08. The van der Waals surface area contributed by atoms with Gasteiger partial charge in [-0.3, -0.25) is 9.59 Å². The van der Waals surface area contributed by atoms with Crippen molar-refractivity contribution in [1.82, 2.24) is 9.80 Å². The van der Waals surface area contributed by atoms with Gasteiger partial charge in [-0.1, -0.05) is 17.7 Å². The number of benzene rings is 1. The van der Waals surface area contributed by atoms with Gasteiger partial charge in [-0.25, -0.2) is 4.79 Å². The molecule has 23 heavy (non-hydrogen) atoms. The first-order valence-electron chi connectivity index (χ1n) is 7.55. The molecule has 0 bridgehead atoms. The van der Waals surface area contributed by atoms with Gasteiger partial charge in [0.2, 0.25) is 5.91 Å². The summed E-state index contributed by atoms with van der Waals surface area (Å²) in [5, 5.41) is 0.590. The predicted molar refractivity (Wildman–Crippen MR) is 82.8 cm³/mol. The van der Waals surface area contributed by atoms with E-state index in [0.717, 1.165) is 17.5 Å². The van der Waals surface area contributed by atoms with Crippen LogP contribution in [-0.2, 0) is 25.5 Å². The Morgan fingerprint density at radius 2 is 2.17 bits per heavy atom. The molecule has 0 saturated carbocycles. The summed E-state index contributed by atoms with van der Waals surface area (Å²) in [6.07, 6.45) is 0.764. The number of carbonyl (C=O) groups is 3. The molecule has 0 N–H and O–H groups in total. The number of hydrogen-bond acceptors (Lipinski definition) is 4. The van der Waals surface area contributed by atoms with Crippen LogP contribution in [0, 0.1) is 0 Å². The van der Waals surface area contributed by atoms with Crippen LogP contribution in [0.5, 0.6) is 0 Å². The van der Waals surface area contributed by atoms with E-state index in [2.05, 4.69) is 0 Å². The largest absolute Gasteiger partial charge is 0.459 e. The first-order chi connectivity index (χ1) is 11.0. The second-order valence-electron chi connectivity index (χ2n) is 5.60. The van der Waals surface area contributed by atoms with Gasteiger partial charge in [0.25, 0.3) is 0 Å². The maximum Gasteiger partial charge on any atom is 0.397 e. The van der Waals surface area contributed by atoms with Crippen molar-refractivity contribution < 1.29 is 19.1 Å². The highest BCUT2D eigenvalue weighted by Crippen LogP contribution is 2.34. The fraction of sp³-hybridized carbons (Fsp3) is 0.438. The summed E-state index contributed by atoms with van der Waals surface area (Å²) in [4.78, 5) is 39.2. The van der Waals surface area contributed by atoms with Crippen molar-refractivity contribution in [1.29, 1.82) is 0 Å². The lowest BCUT2D eigenvalue weighted by atomic mass is 9.90. The molecule has 1 aromatic carbocycles. The van der Waals surface area contributed by atoms with Gasteiger partial charge < -0.3 is 14.5 Å². The number of amides is 2. The van der Waals surface area contributed by atoms with E-state index in [1.807, 2.05) is 18.2 Å². The number of fused-ring (bicyclic) bond motifs is 3. The summed E-state index contributed by atoms with van der Waals surface area (Å²) in [5.41, 5.74) is 2.06. The van der Waals surface area contributed by atoms with Crippen LogP contribution in [-0.4, -0.2) is 53.8 Å². The molecule has 7 heteroatoms. The van der Waals surface area contributed by atoms with E-state index in [4.69, 9.17) is 16.3 Å². The Balaban J connectivity index is 1.88. The third-order valence-electron chi connectivity index (χ3n) is 4.24. The van der Waals surface area contributed by atoms with Crippen LogP contribution in [0.3, 0.4) is 0 Å². The van der Waals surface area contributed by atoms with Gasteiger partial charge in [-0.2, -0.15) is 0 Å². The number of rotatable bonds is 1. The molecule has 0 aliphatic carbocycles. The molecule has 1 unspecified atom stereocenters. The zero-order valence-electron chi connectivity index (χ0n) is 12.8. The van der Waals surface area contributed by atoms with Gasteiger partial charge in [-0.05, 0) is 36.6 Å². The molecule has 1 aromatic rings. The van der Waals surface area contributed by atoms with Crippen molar-refractivity contribution in [3.05, 3.63) is 34.3 Å². The van der Waals surface area contributed by atoms with Gasteiger partial charge >= 0.3 is 11.9 Å². The molecule has 0 radical (unpaired) electrons. The topological polar surface area (TPSA) is 66.9 Å². The fourth-order valence-corrected chi connectivity index (χ4v) is 3.35. The smallest absolute Gasteiger partial charge is 0.397 e. The number of nitrogens with zero attached hydrogens (tertiary/aromatic N) is 2. The Morgan fingerprint density at radius 1 is 1.39 bits per heavy atom. The highest BCUT2D eigenvalue weighted by molar-refractivity contribution is 6.32. The second kappa shape index (κ2) is 6.20. The van der Waals surface area contributed by atoms with Gasteiger partial charge in [0.15, 0.2) is 0 Å². The van der Waals surface area contributed by atoms with E-state index < -0.39 is 11.9 Å². The lowest BCUT2D eigenvalue weighted by Gasteiger charge is -2.44. The standard InChI is InChI=1S/C16H17ClN2O4/c1-2-23-16(22)15(21)18-8-13-12-7-11(17)4-3-10(12)5-6-19(13)14(20)9-18/h3-4,7,13H,2,5-6,8-9H2,1H3. The Kier molecular flexibility index (Phi) is 4.26. The SMILES string of the molecule is CCOC(=O)C(=O)N1CC(=O)N2CCc3ccc(Cl)cc3C2C1. The zero-order chi connectivity index (χ0) is 16.6. The molecular weight excluding hydrogens is 320 g/mol. The first kappa shape index (κ1) is 15.8. The van der Waals surface area contributed by atoms with Crippen LogP contribution >= 0.6 is 11.6 Å². The Morgan fingerprint density at radius 3 is 2.91 bits per heavy atom. The summed E-state index contributed by atoms with van der Waals surface area (Å²) in [6, 6.07) is 5.34. The van der Waals surface area contributed by atoms with Crippen LogP contribution < -0.4 is 0 Å². The molecule has 3 rings (SSSR count). The van der Waals surface area contributed by atoms with E-state index in [-0.39, 0.29) is 31.6 Å². The lowest BCUT2D eigenvalue weighted by Crippen LogP contribution is -2.57. The summed E-state index contributed by atoms with van der Waals surface area (Å²) in [5.74, 6) is -1.85. The van der Waals surface area contributed by atoms with Crippen molar-refractivity contribution in [2.24, 2.45) is 0 Å². The number of carbonyl (C=O) groups excluding carboxylic acids is 3. The minimum absolute atomic E-state index is 0.0932. The van der Waals surface area contributed by atoms with Gasteiger partial charge in [0, 0.05) is 18.1 Å². The summed E-state index contributed by atoms with van der Waals surface area (Å²) < 4.78 is 4.74. The second-order valence-corrected chi connectivity index (χ2v) is 6.04. The van der Waals surface area contributed by atoms with Crippen molar-refractivity contribution in [2.75, 3.05) is 26.2 Å². The monoisotopic (exact) mass is 336 g/mol. The molecule has 2 aliphatic heterocycles. The molecule has 2 amide bonds. The number of piperazine rings is 1. The molecule has 1 fully saturated rings. The zero-order valence-corrected chi connectivity index (χ0v) is 13.5. The van der Waals surface area contributed by atoms with E-state index in [0.29, 0.717) is 11.6 Å². The highest BCUT2D eigenvalue weighted by atomic mass is 35.5. The summed E-state index contributed by atoms with van der Waals surface area (Å²) in [7, 11) is 0. The Labute approximate surface area is 138 Å². The van der Waals surface area contributed by atoms with Crippen LogP contribution in [0.25, 0.3) is 0 Å². The Bertz CT molecular complexity index is 676. The van der Waals surface area contributed by atoms with Gasteiger partial charge in [-0.15, -0.1) is 0 Å². The van der Waals surface area contributed by atoms with Crippen molar-refractivity contribution in [3.8, 4) is 0 Å². The normalized spacial score (nSPS) is 19.9. The maximum absolute atomic E-state index is 12.4. The average Bonchev–Trinajstić information content (AvgIpc) is 2.54. The molecule has 2 aliphatic rings. The predicted octanol–water partition coefficient (Wildman–Crippen LogP) is 1.17. The van der Waals surface area contributed by atoms with E-state index in [9.17, 15) is 14.4 Å². The number of ether oxygens (including phenoxy) is 1. The fourth-order valence-electron chi connectivity index (χ4n) is 3.17. The number of halogens is 1. The molecular formula is C16H17ClN2O4. The minimum Gasteiger partial charge on any atom is -0.459 e. The van der Waals surface area contributed by atoms with Crippen molar-refractivity contribution >= 4 is 29.4 Å². The van der Waals surface area contributed by atoms with Crippen molar-refractivity contribution in [2.45, 2.75) is 19.4 Å². The van der Waals surface area contributed by atoms with Gasteiger partial charge in [0.05, 0.1) is 12.6 Å². The van der Waals surface area contributed by atoms with Crippen molar-refractivity contribution in [3.63, 3.8) is 0 Å². The van der Waals surface area contributed by atoms with Crippen LogP contribution in [0.15, 0.2) is 18.2 Å². The number of hydrogen-bond donors (Lipinski definition) is 0. The molecule has 122 valence electrons. The van der Waals surface area contributed by atoms with Crippen LogP contribution in [0.1, 0.15) is 24.1 Å². The third-order valence-corrected chi connectivity index (χ3v) is 4.48. The molecule has 2 heterocycles. The summed E-state index contributed by atoms with van der Waals surface area (Å²) in [6.45, 7) is 2.55. The molecule has 0 spiro atoms. The van der Waals surface area contributed by atoms with E-state index in [1.54, 1.807) is 11.8 Å². The van der Waals surface area contributed by atoms with Crippen LogP contribution in [0.4, 0.5) is 0 Å². The lowest BCUT2D eigenvalue weighted by molar-refractivity contribution is -0.163. The maximum atomic E-state index is 12.4. The molecule has 1 saturated heterocycles. The van der Waals surface area contributed by atoms with E-state index >= 15 is 0 Å².